The van der Waals surface area contributed by atoms with E-state index in [4.69, 9.17) is 28.4 Å². The molecule has 0 aromatic carbocycles. The summed E-state index contributed by atoms with van der Waals surface area (Å²) in [6, 6.07) is -0.887. The maximum Gasteiger partial charge on any atom is 0.220 e. The number of allylic oxidation sites excluding steroid dienone is 8. The number of aliphatic hydroxyl groups excluding tert-OH is 11. The summed E-state index contributed by atoms with van der Waals surface area (Å²) in [5.74, 6) is -0.245. The zero-order chi connectivity index (χ0) is 61.2. The van der Waals surface area contributed by atoms with Gasteiger partial charge in [0.2, 0.25) is 5.91 Å². The van der Waals surface area contributed by atoms with Crippen molar-refractivity contribution in [3.63, 3.8) is 0 Å². The van der Waals surface area contributed by atoms with E-state index >= 15 is 0 Å². The highest BCUT2D eigenvalue weighted by atomic mass is 16.8. The van der Waals surface area contributed by atoms with Crippen LogP contribution < -0.4 is 5.32 Å². The van der Waals surface area contributed by atoms with Crippen molar-refractivity contribution >= 4 is 5.91 Å². The van der Waals surface area contributed by atoms with Crippen molar-refractivity contribution in [2.24, 2.45) is 0 Å². The number of hydrogen-bond donors (Lipinski definition) is 12. The Morgan fingerprint density at radius 2 is 0.821 bits per heavy atom. The molecule has 17 unspecified atom stereocenters. The number of amides is 1. The maximum atomic E-state index is 13.4. The van der Waals surface area contributed by atoms with E-state index in [1.165, 1.54) is 122 Å². The highest BCUT2D eigenvalue weighted by molar-refractivity contribution is 5.76. The number of carbonyl (C=O) groups excluding carboxylic acids is 1. The van der Waals surface area contributed by atoms with E-state index in [0.29, 0.717) is 12.8 Å². The Morgan fingerprint density at radius 3 is 1.29 bits per heavy atom. The molecule has 12 N–H and O–H groups in total. The summed E-state index contributed by atoms with van der Waals surface area (Å²) in [7, 11) is 0. The number of nitrogens with one attached hydrogen (secondary N) is 1. The van der Waals surface area contributed by atoms with Crippen molar-refractivity contribution in [3.05, 3.63) is 48.6 Å². The summed E-state index contributed by atoms with van der Waals surface area (Å²) in [5, 5.41) is 120. The van der Waals surface area contributed by atoms with Gasteiger partial charge < -0.3 is 89.9 Å². The smallest absolute Gasteiger partial charge is 0.220 e. The summed E-state index contributed by atoms with van der Waals surface area (Å²) in [5.41, 5.74) is 0. The van der Waals surface area contributed by atoms with Gasteiger partial charge in [-0.1, -0.05) is 217 Å². The second-order valence-electron chi connectivity index (χ2n) is 23.6. The summed E-state index contributed by atoms with van der Waals surface area (Å²) >= 11 is 0. The highest BCUT2D eigenvalue weighted by Gasteiger charge is 2.53. The number of aliphatic hydroxyl groups is 11. The topological polar surface area (TPSA) is 307 Å². The Bertz CT molecular complexity index is 1720. The highest BCUT2D eigenvalue weighted by Crippen LogP contribution is 2.33. The Kier molecular flexibility index (Phi) is 43.2. The van der Waals surface area contributed by atoms with Crippen LogP contribution >= 0.6 is 0 Å². The van der Waals surface area contributed by atoms with Gasteiger partial charge in [-0.15, -0.1) is 0 Å². The van der Waals surface area contributed by atoms with Crippen LogP contribution in [-0.4, -0.2) is 193 Å². The van der Waals surface area contributed by atoms with E-state index in [2.05, 4.69) is 67.8 Å². The molecular weight excluding hydrogens is 1080 g/mol. The predicted molar refractivity (Wildman–Crippen MR) is 323 cm³/mol. The van der Waals surface area contributed by atoms with Crippen molar-refractivity contribution in [1.82, 2.24) is 5.32 Å². The number of hydrogen-bond acceptors (Lipinski definition) is 18. The lowest BCUT2D eigenvalue weighted by Crippen LogP contribution is -2.66. The molecule has 84 heavy (non-hydrogen) atoms. The molecule has 3 saturated heterocycles. The second-order valence-corrected chi connectivity index (χ2v) is 23.6. The molecule has 19 nitrogen and oxygen atoms in total. The molecule has 17 atom stereocenters. The molecule has 3 aliphatic heterocycles. The van der Waals surface area contributed by atoms with Gasteiger partial charge >= 0.3 is 0 Å². The Labute approximate surface area is 503 Å². The van der Waals surface area contributed by atoms with Crippen molar-refractivity contribution in [2.75, 3.05) is 26.4 Å². The third kappa shape index (κ3) is 30.3. The van der Waals surface area contributed by atoms with Crippen LogP contribution in [0.4, 0.5) is 0 Å². The van der Waals surface area contributed by atoms with Crippen molar-refractivity contribution in [1.29, 1.82) is 0 Å². The summed E-state index contributed by atoms with van der Waals surface area (Å²) in [4.78, 5) is 13.4. The molecule has 0 spiro atoms. The van der Waals surface area contributed by atoms with Gasteiger partial charge in [0.25, 0.3) is 0 Å². The molecule has 1 amide bonds. The van der Waals surface area contributed by atoms with Gasteiger partial charge in [0.1, 0.15) is 73.2 Å². The Morgan fingerprint density at radius 1 is 0.440 bits per heavy atom. The van der Waals surface area contributed by atoms with Gasteiger partial charge in [-0.05, 0) is 51.4 Å². The predicted octanol–water partition coefficient (Wildman–Crippen LogP) is 7.43. The van der Waals surface area contributed by atoms with Gasteiger partial charge in [-0.2, -0.15) is 0 Å². The molecule has 3 heterocycles. The van der Waals surface area contributed by atoms with Crippen LogP contribution in [0.25, 0.3) is 0 Å². The monoisotopic (exact) mass is 1200 g/mol. The molecule has 3 rings (SSSR count). The largest absolute Gasteiger partial charge is 0.394 e. The summed E-state index contributed by atoms with van der Waals surface area (Å²) in [6.07, 6.45) is 27.7. The first-order chi connectivity index (χ1) is 40.8. The number of unbranched alkanes of at least 4 members (excludes halogenated alkanes) is 25. The van der Waals surface area contributed by atoms with Crippen LogP contribution in [0.3, 0.4) is 0 Å². The molecule has 0 aliphatic carbocycles. The van der Waals surface area contributed by atoms with E-state index in [1.807, 2.05) is 0 Å². The van der Waals surface area contributed by atoms with Crippen molar-refractivity contribution in [3.8, 4) is 0 Å². The average Bonchev–Trinajstić information content (AvgIpc) is 2.98. The van der Waals surface area contributed by atoms with Crippen LogP contribution in [0.15, 0.2) is 48.6 Å². The van der Waals surface area contributed by atoms with Crippen molar-refractivity contribution < 1.29 is 89.4 Å². The third-order valence-electron chi connectivity index (χ3n) is 16.4. The van der Waals surface area contributed by atoms with Gasteiger partial charge in [-0.25, -0.2) is 0 Å². The zero-order valence-electron chi connectivity index (χ0n) is 51.4. The normalized spacial score (nSPS) is 29.5. The number of carbonyl (C=O) groups is 1. The third-order valence-corrected chi connectivity index (χ3v) is 16.4. The first kappa shape index (κ1) is 76.0. The number of rotatable bonds is 49. The molecule has 0 aromatic rings. The summed E-state index contributed by atoms with van der Waals surface area (Å²) in [6.45, 7) is 1.67. The van der Waals surface area contributed by atoms with Crippen LogP contribution in [-0.2, 0) is 33.2 Å². The molecule has 490 valence electrons. The van der Waals surface area contributed by atoms with Gasteiger partial charge in [0.15, 0.2) is 18.9 Å². The van der Waals surface area contributed by atoms with Gasteiger partial charge in [0.05, 0.1) is 38.6 Å². The second kappa shape index (κ2) is 47.7. The standard InChI is InChI=1S/C65H117NO18/c1-3-5-7-9-11-13-15-17-18-19-20-21-22-23-24-25-26-27-28-29-30-31-33-35-37-39-41-43-53(71)66-48(49(70)42-40-38-36-34-32-16-14-12-10-8-6-4-2)47-79-63-59(77)56(74)61(51(45-68)81-63)84-65-60(78)57(75)62(52(46-69)82-65)83-64-58(76)55(73)54(72)50(44-67)80-64/h5,7,11,13,17-18,20-21,48-52,54-65,67-70,72-78H,3-4,6,8-10,12,14-16,19,22-47H2,1-2H3,(H,66,71)/b7-5-,13-11-,18-17-,21-20-. The van der Waals surface area contributed by atoms with E-state index in [-0.39, 0.29) is 18.9 Å². The van der Waals surface area contributed by atoms with Crippen LogP contribution in [0, 0.1) is 0 Å². The Hall–Kier alpha value is -2.25. The molecule has 0 radical (unpaired) electrons. The lowest BCUT2D eigenvalue weighted by atomic mass is 9.96. The molecule has 19 heteroatoms. The van der Waals surface area contributed by atoms with Gasteiger partial charge in [0, 0.05) is 6.42 Å². The van der Waals surface area contributed by atoms with E-state index in [0.717, 1.165) is 70.6 Å². The first-order valence-corrected chi connectivity index (χ1v) is 32.9. The van der Waals surface area contributed by atoms with Crippen LogP contribution in [0.2, 0.25) is 0 Å². The van der Waals surface area contributed by atoms with Crippen LogP contribution in [0.1, 0.15) is 226 Å². The molecule has 3 aliphatic rings. The SMILES string of the molecule is CC/C=C\C/C=C\C/C=C\C/C=C\CCCCCCCCCCCCCCCCC(=O)NC(COC1OC(CO)C(OC2OC(CO)C(OC3OC(CO)C(O)C(O)C3O)C(O)C2O)C(O)C1O)C(O)CCCCCCCCCCCCCC. The first-order valence-electron chi connectivity index (χ1n) is 32.9. The van der Waals surface area contributed by atoms with Crippen molar-refractivity contribution in [2.45, 2.75) is 330 Å². The lowest BCUT2D eigenvalue weighted by Gasteiger charge is -2.48. The fraction of sp³-hybridized carbons (Fsp3) is 0.862. The molecule has 0 aromatic heterocycles. The molecule has 3 fully saturated rings. The molecule has 0 saturated carbocycles. The van der Waals surface area contributed by atoms with Crippen LogP contribution in [0.5, 0.6) is 0 Å². The fourth-order valence-corrected chi connectivity index (χ4v) is 11.1. The maximum absolute atomic E-state index is 13.4. The molecular formula is C65H117NO18. The quantitative estimate of drug-likeness (QED) is 0.0208. The zero-order valence-corrected chi connectivity index (χ0v) is 51.4. The minimum atomic E-state index is -1.97. The molecule has 0 bridgehead atoms. The minimum Gasteiger partial charge on any atom is -0.394 e. The lowest BCUT2D eigenvalue weighted by molar-refractivity contribution is -0.379. The fourth-order valence-electron chi connectivity index (χ4n) is 11.1. The van der Waals surface area contributed by atoms with E-state index in [1.54, 1.807) is 0 Å². The average molecular weight is 1200 g/mol. The Balaban J connectivity index is 1.40. The summed E-state index contributed by atoms with van der Waals surface area (Å²) < 4.78 is 34.3. The van der Waals surface area contributed by atoms with E-state index < -0.39 is 124 Å². The number of ether oxygens (including phenoxy) is 6. The minimum absolute atomic E-state index is 0.245. The van der Waals surface area contributed by atoms with E-state index in [9.17, 15) is 61.0 Å². The van der Waals surface area contributed by atoms with Gasteiger partial charge in [-0.3, -0.25) is 4.79 Å².